The van der Waals surface area contributed by atoms with Gasteiger partial charge in [-0.1, -0.05) is 11.6 Å². The maximum absolute atomic E-state index is 11.9. The number of aliphatic hydroxyl groups excluding tert-OH is 1. The van der Waals surface area contributed by atoms with Gasteiger partial charge in [-0.3, -0.25) is 9.69 Å². The lowest BCUT2D eigenvalue weighted by Crippen LogP contribution is -2.51. The number of nitrogens with zero attached hydrogens (tertiary/aromatic N) is 3. The van der Waals surface area contributed by atoms with Crippen molar-refractivity contribution in [3.8, 4) is 11.3 Å². The Morgan fingerprint density at radius 2 is 2.11 bits per heavy atom. The summed E-state index contributed by atoms with van der Waals surface area (Å²) in [4.78, 5) is 34.7. The van der Waals surface area contributed by atoms with E-state index in [1.807, 2.05) is 18.2 Å². The van der Waals surface area contributed by atoms with Crippen LogP contribution >= 0.6 is 22.9 Å². The number of halogens is 1. The second-order valence-corrected chi connectivity index (χ2v) is 11.8. The Morgan fingerprint density at radius 1 is 1.30 bits per heavy atom. The van der Waals surface area contributed by atoms with E-state index in [0.29, 0.717) is 11.4 Å². The Bertz CT molecular complexity index is 1340. The number of thiophene rings is 1. The maximum atomic E-state index is 11.9. The predicted molar refractivity (Wildman–Crippen MR) is 143 cm³/mol. The molecule has 3 aromatic rings. The Morgan fingerprint density at radius 3 is 2.84 bits per heavy atom. The third-order valence-electron chi connectivity index (χ3n) is 6.66. The summed E-state index contributed by atoms with van der Waals surface area (Å²) >= 11 is 8.01. The standard InChI is InChI=1S/C26H30ClN5O4S/c1-14-4-15(27)5-20(19(14)7-17-9-28-12-26(2,3)36-17)23-24-21(30-13-31-23)8-18(37-24)6-16(33)11-32-22(34)10-29-25(32)35/h4-5,8,13,16-17,28,33H,6-7,9-12H2,1-3H3,(H,29,35)/t16-,17-/m1/s1. The molecule has 3 N–H and O–H groups in total. The van der Waals surface area contributed by atoms with Gasteiger partial charge < -0.3 is 20.5 Å². The van der Waals surface area contributed by atoms with Crippen molar-refractivity contribution in [3.05, 3.63) is 45.6 Å². The zero-order chi connectivity index (χ0) is 26.3. The molecule has 1 aromatic carbocycles. The van der Waals surface area contributed by atoms with Crippen molar-refractivity contribution < 1.29 is 19.4 Å². The predicted octanol–water partition coefficient (Wildman–Crippen LogP) is 3.08. The molecule has 2 aliphatic rings. The molecule has 2 saturated heterocycles. The molecule has 3 amide bonds. The van der Waals surface area contributed by atoms with Crippen molar-refractivity contribution in [1.82, 2.24) is 25.5 Å². The zero-order valence-corrected chi connectivity index (χ0v) is 22.6. The summed E-state index contributed by atoms with van der Waals surface area (Å²) in [5.41, 5.74) is 4.46. The number of fused-ring (bicyclic) bond motifs is 1. The highest BCUT2D eigenvalue weighted by Crippen LogP contribution is 2.37. The van der Waals surface area contributed by atoms with Gasteiger partial charge in [0, 0.05) is 41.4 Å². The number of aromatic nitrogens is 2. The number of hydrogen-bond donors (Lipinski definition) is 3. The fraction of sp³-hybridized carbons (Fsp3) is 0.462. The van der Waals surface area contributed by atoms with E-state index in [1.165, 1.54) is 11.3 Å². The van der Waals surface area contributed by atoms with E-state index in [4.69, 9.17) is 16.3 Å². The van der Waals surface area contributed by atoms with Gasteiger partial charge in [0.25, 0.3) is 0 Å². The normalized spacial score (nSPS) is 20.5. The molecule has 2 aromatic heterocycles. The van der Waals surface area contributed by atoms with Crippen LogP contribution in [0, 0.1) is 6.92 Å². The monoisotopic (exact) mass is 543 g/mol. The van der Waals surface area contributed by atoms with Crippen LogP contribution in [0.1, 0.15) is 29.9 Å². The smallest absolute Gasteiger partial charge is 0.324 e. The fourth-order valence-corrected chi connectivity index (χ4v) is 6.47. The second-order valence-electron chi connectivity index (χ2n) is 10.3. The third-order valence-corrected chi connectivity index (χ3v) is 8.03. The molecule has 0 unspecified atom stereocenters. The minimum Gasteiger partial charge on any atom is -0.391 e. The van der Waals surface area contributed by atoms with Crippen molar-refractivity contribution >= 4 is 45.1 Å². The number of β-amino-alcohol motifs (C(OH)–C–C–N with tert-alkyl or cyclic N) is 1. The number of aliphatic hydroxyl groups is 1. The zero-order valence-electron chi connectivity index (χ0n) is 21.0. The van der Waals surface area contributed by atoms with Gasteiger partial charge in [0.15, 0.2) is 0 Å². The van der Waals surface area contributed by atoms with E-state index in [0.717, 1.165) is 55.5 Å². The van der Waals surface area contributed by atoms with Gasteiger partial charge in [-0.2, -0.15) is 0 Å². The van der Waals surface area contributed by atoms with Crippen LogP contribution in [0.4, 0.5) is 4.79 Å². The van der Waals surface area contributed by atoms with E-state index >= 15 is 0 Å². The molecule has 2 atom stereocenters. The van der Waals surface area contributed by atoms with E-state index in [1.54, 1.807) is 6.33 Å². The summed E-state index contributed by atoms with van der Waals surface area (Å²) in [6.07, 6.45) is 1.66. The topological polar surface area (TPSA) is 117 Å². The second kappa shape index (κ2) is 10.3. The van der Waals surface area contributed by atoms with E-state index in [9.17, 15) is 14.7 Å². The first-order valence-electron chi connectivity index (χ1n) is 12.3. The van der Waals surface area contributed by atoms with Crippen LogP contribution in [0.25, 0.3) is 21.5 Å². The highest BCUT2D eigenvalue weighted by Gasteiger charge is 2.31. The maximum Gasteiger partial charge on any atom is 0.324 e. The quantitative estimate of drug-likeness (QED) is 0.392. The molecular weight excluding hydrogens is 514 g/mol. The van der Waals surface area contributed by atoms with Gasteiger partial charge in [0.05, 0.1) is 46.8 Å². The highest BCUT2D eigenvalue weighted by molar-refractivity contribution is 7.19. The van der Waals surface area contributed by atoms with Crippen LogP contribution in [-0.4, -0.2) is 75.9 Å². The molecule has 196 valence electrons. The number of carbonyl (C=O) groups excluding carboxylic acids is 2. The molecule has 37 heavy (non-hydrogen) atoms. The summed E-state index contributed by atoms with van der Waals surface area (Å²) in [5.74, 6) is -0.335. The summed E-state index contributed by atoms with van der Waals surface area (Å²) < 4.78 is 7.24. The van der Waals surface area contributed by atoms with Gasteiger partial charge in [-0.15, -0.1) is 11.3 Å². The fourth-order valence-electron chi connectivity index (χ4n) is 5.01. The number of ether oxygens (including phenoxy) is 1. The SMILES string of the molecule is Cc1cc(Cl)cc(-c2ncnc3cc(C[C@@H](O)CN4C(=O)CNC4=O)sc23)c1C[C@@H]1CNCC(C)(C)O1. The van der Waals surface area contributed by atoms with E-state index in [2.05, 4.69) is 41.4 Å². The molecule has 0 bridgehead atoms. The average molecular weight is 544 g/mol. The van der Waals surface area contributed by atoms with Gasteiger partial charge >= 0.3 is 6.03 Å². The van der Waals surface area contributed by atoms with Crippen molar-refractivity contribution in [2.45, 2.75) is 51.4 Å². The summed E-state index contributed by atoms with van der Waals surface area (Å²) in [6, 6.07) is 5.36. The number of hydrogen-bond acceptors (Lipinski definition) is 8. The van der Waals surface area contributed by atoms with Crippen LogP contribution in [0.5, 0.6) is 0 Å². The summed E-state index contributed by atoms with van der Waals surface area (Å²) in [7, 11) is 0. The van der Waals surface area contributed by atoms with Gasteiger partial charge in [-0.05, 0) is 50.1 Å². The van der Waals surface area contributed by atoms with Crippen molar-refractivity contribution in [1.29, 1.82) is 0 Å². The molecule has 0 spiro atoms. The molecule has 5 rings (SSSR count). The minimum atomic E-state index is -0.888. The summed E-state index contributed by atoms with van der Waals surface area (Å²) in [5, 5.41) is 17.2. The first kappa shape index (κ1) is 26.0. The number of rotatable bonds is 7. The molecule has 2 fully saturated rings. The van der Waals surface area contributed by atoms with E-state index < -0.39 is 12.1 Å². The Kier molecular flexibility index (Phi) is 7.21. The summed E-state index contributed by atoms with van der Waals surface area (Å²) in [6.45, 7) is 7.71. The lowest BCUT2D eigenvalue weighted by atomic mass is 9.93. The molecule has 2 aliphatic heterocycles. The number of carbonyl (C=O) groups is 2. The number of morpholine rings is 1. The first-order chi connectivity index (χ1) is 17.6. The number of imide groups is 1. The number of benzene rings is 1. The third kappa shape index (κ3) is 5.63. The molecular formula is C26H30ClN5O4S. The van der Waals surface area contributed by atoms with Crippen LogP contribution in [-0.2, 0) is 22.4 Å². The number of amides is 3. The molecule has 0 saturated carbocycles. The van der Waals surface area contributed by atoms with Crippen LogP contribution in [0.3, 0.4) is 0 Å². The van der Waals surface area contributed by atoms with Crippen LogP contribution < -0.4 is 10.6 Å². The minimum absolute atomic E-state index is 0.0132. The molecule has 0 aliphatic carbocycles. The molecule has 9 nitrogen and oxygen atoms in total. The van der Waals surface area contributed by atoms with Crippen molar-refractivity contribution in [2.24, 2.45) is 0 Å². The van der Waals surface area contributed by atoms with Crippen molar-refractivity contribution in [3.63, 3.8) is 0 Å². The van der Waals surface area contributed by atoms with Gasteiger partial charge in [0.1, 0.15) is 6.33 Å². The average Bonchev–Trinajstić information content (AvgIpc) is 3.37. The Balaban J connectivity index is 1.44. The van der Waals surface area contributed by atoms with Crippen molar-refractivity contribution in [2.75, 3.05) is 26.2 Å². The van der Waals surface area contributed by atoms with Crippen LogP contribution in [0.2, 0.25) is 5.02 Å². The lowest BCUT2D eigenvalue weighted by molar-refractivity contribution is -0.125. The Labute approximate surface area is 224 Å². The van der Waals surface area contributed by atoms with Crippen LogP contribution in [0.15, 0.2) is 24.5 Å². The lowest BCUT2D eigenvalue weighted by Gasteiger charge is -2.37. The Hall–Kier alpha value is -2.63. The molecule has 11 heteroatoms. The highest BCUT2D eigenvalue weighted by atomic mass is 35.5. The van der Waals surface area contributed by atoms with Gasteiger partial charge in [-0.25, -0.2) is 14.8 Å². The number of nitrogens with one attached hydrogen (secondary N) is 2. The first-order valence-corrected chi connectivity index (χ1v) is 13.5. The number of aryl methyl sites for hydroxylation is 1. The molecule has 0 radical (unpaired) electrons. The molecule has 4 heterocycles. The number of urea groups is 1. The largest absolute Gasteiger partial charge is 0.391 e. The van der Waals surface area contributed by atoms with E-state index in [-0.39, 0.29) is 37.1 Å². The van der Waals surface area contributed by atoms with Gasteiger partial charge in [0.2, 0.25) is 5.91 Å².